The number of hydrogen-bond acceptors (Lipinski definition) is 3. The van der Waals surface area contributed by atoms with Gasteiger partial charge in [0.05, 0.1) is 5.52 Å². The number of hydrogen-bond donors (Lipinski definition) is 2. The summed E-state index contributed by atoms with van der Waals surface area (Å²) in [6, 6.07) is 10.4. The van der Waals surface area contributed by atoms with Crippen molar-refractivity contribution in [3.63, 3.8) is 0 Å². The minimum atomic E-state index is 0. The van der Waals surface area contributed by atoms with Crippen LogP contribution in [-0.2, 0) is 6.54 Å². The molecule has 2 N–H and O–H groups in total. The monoisotopic (exact) mass is 481 g/mol. The summed E-state index contributed by atoms with van der Waals surface area (Å²) in [4.78, 5) is 11.4. The van der Waals surface area contributed by atoms with E-state index in [1.54, 1.807) is 0 Å². The summed E-state index contributed by atoms with van der Waals surface area (Å²) in [5, 5.41) is 8.01. The fourth-order valence-corrected chi connectivity index (χ4v) is 3.50. The van der Waals surface area contributed by atoms with Crippen molar-refractivity contribution >= 4 is 40.8 Å². The number of nitrogens with one attached hydrogen (secondary N) is 2. The molecule has 0 saturated carbocycles. The molecule has 0 radical (unpaired) electrons. The summed E-state index contributed by atoms with van der Waals surface area (Å²) in [5.41, 5.74) is 2.24. The topological polar surface area (TPSA) is 52.6 Å². The molecule has 0 atom stereocenters. The van der Waals surface area contributed by atoms with Gasteiger partial charge in [-0.1, -0.05) is 31.2 Å². The van der Waals surface area contributed by atoms with E-state index in [4.69, 9.17) is 0 Å². The maximum Gasteiger partial charge on any atom is 0.191 e. The average molecular weight is 481 g/mol. The van der Waals surface area contributed by atoms with Crippen LogP contribution in [0.4, 0.5) is 0 Å². The van der Waals surface area contributed by atoms with Crippen LogP contribution in [0.5, 0.6) is 0 Å². The summed E-state index contributed by atoms with van der Waals surface area (Å²) >= 11 is 0. The van der Waals surface area contributed by atoms with Crippen LogP contribution < -0.4 is 10.6 Å². The first-order valence-corrected chi connectivity index (χ1v) is 9.76. The minimum Gasteiger partial charge on any atom is -0.356 e. The molecule has 1 fully saturated rings. The van der Waals surface area contributed by atoms with Crippen molar-refractivity contribution in [2.45, 2.75) is 32.7 Å². The van der Waals surface area contributed by atoms with Gasteiger partial charge in [0.1, 0.15) is 0 Å². The van der Waals surface area contributed by atoms with Gasteiger partial charge < -0.3 is 15.5 Å². The van der Waals surface area contributed by atoms with Gasteiger partial charge in [-0.25, -0.2) is 0 Å². The van der Waals surface area contributed by atoms with Crippen LogP contribution in [-0.4, -0.2) is 49.1 Å². The molecule has 0 amide bonds. The van der Waals surface area contributed by atoms with Gasteiger partial charge in [-0.2, -0.15) is 0 Å². The number of aliphatic imine (C=N–C) groups is 1. The van der Waals surface area contributed by atoms with Gasteiger partial charge in [0, 0.05) is 31.7 Å². The van der Waals surface area contributed by atoms with Crippen LogP contribution in [0.1, 0.15) is 31.7 Å². The molecule has 1 aromatic heterocycles. The fourth-order valence-electron chi connectivity index (χ4n) is 3.50. The van der Waals surface area contributed by atoms with Gasteiger partial charge >= 0.3 is 0 Å². The second-order valence-electron chi connectivity index (χ2n) is 7.22. The first kappa shape index (κ1) is 21.9. The van der Waals surface area contributed by atoms with Crippen molar-refractivity contribution in [1.29, 1.82) is 0 Å². The first-order valence-electron chi connectivity index (χ1n) is 9.76. The van der Waals surface area contributed by atoms with Crippen molar-refractivity contribution in [1.82, 2.24) is 20.5 Å². The Bertz CT molecular complexity index is 720. The highest BCUT2D eigenvalue weighted by molar-refractivity contribution is 14.0. The molecule has 0 aliphatic carbocycles. The van der Waals surface area contributed by atoms with Crippen LogP contribution in [0.15, 0.2) is 41.5 Å². The standard InChI is InChI=1S/C21H31N5.HI/c1-17-9-14-26(15-10-17)13-5-12-24-21(22-2)25-16-19-7-3-6-18-8-4-11-23-20(18)19;/h3-4,6-8,11,17H,5,9-10,12-16H2,1-2H3,(H2,22,24,25);1H. The van der Waals surface area contributed by atoms with Crippen LogP contribution in [0.3, 0.4) is 0 Å². The van der Waals surface area contributed by atoms with E-state index in [2.05, 4.69) is 56.7 Å². The van der Waals surface area contributed by atoms with E-state index in [-0.39, 0.29) is 24.0 Å². The number of benzene rings is 1. The normalized spacial score (nSPS) is 16.1. The summed E-state index contributed by atoms with van der Waals surface area (Å²) in [5.74, 6) is 1.75. The lowest BCUT2D eigenvalue weighted by atomic mass is 9.99. The van der Waals surface area contributed by atoms with E-state index >= 15 is 0 Å². The summed E-state index contributed by atoms with van der Waals surface area (Å²) < 4.78 is 0. The Balaban J connectivity index is 0.00000261. The lowest BCUT2D eigenvalue weighted by Gasteiger charge is -2.30. The maximum atomic E-state index is 4.51. The molecule has 5 nitrogen and oxygen atoms in total. The van der Waals surface area contributed by atoms with Crippen molar-refractivity contribution < 1.29 is 0 Å². The van der Waals surface area contributed by atoms with Crippen LogP contribution in [0, 0.1) is 5.92 Å². The van der Waals surface area contributed by atoms with E-state index < -0.39 is 0 Å². The van der Waals surface area contributed by atoms with Crippen LogP contribution in [0.25, 0.3) is 10.9 Å². The van der Waals surface area contributed by atoms with E-state index in [0.29, 0.717) is 0 Å². The number of nitrogens with zero attached hydrogens (tertiary/aromatic N) is 3. The Morgan fingerprint density at radius 1 is 1.19 bits per heavy atom. The number of likely N-dealkylation sites (tertiary alicyclic amines) is 1. The van der Waals surface area contributed by atoms with Gasteiger partial charge in [0.25, 0.3) is 0 Å². The SMILES string of the molecule is CN=C(NCCCN1CCC(C)CC1)NCc1cccc2cccnc12.I. The third-order valence-corrected chi connectivity index (χ3v) is 5.21. The van der Waals surface area contributed by atoms with Crippen molar-refractivity contribution in [3.05, 3.63) is 42.1 Å². The molecule has 27 heavy (non-hydrogen) atoms. The largest absolute Gasteiger partial charge is 0.356 e. The fraction of sp³-hybridized carbons (Fsp3) is 0.524. The zero-order valence-electron chi connectivity index (χ0n) is 16.4. The Kier molecular flexibility index (Phi) is 9.27. The smallest absolute Gasteiger partial charge is 0.191 e. The Hall–Kier alpha value is -1.41. The number of piperidine rings is 1. The number of para-hydroxylation sites is 1. The van der Waals surface area contributed by atoms with Crippen LogP contribution in [0.2, 0.25) is 0 Å². The predicted molar refractivity (Wildman–Crippen MR) is 125 cm³/mol. The first-order chi connectivity index (χ1) is 12.8. The van der Waals surface area contributed by atoms with Crippen molar-refractivity contribution in [2.24, 2.45) is 10.9 Å². The molecule has 3 rings (SSSR count). The quantitative estimate of drug-likeness (QED) is 0.286. The summed E-state index contributed by atoms with van der Waals surface area (Å²) in [6.07, 6.45) is 5.68. The number of aromatic nitrogens is 1. The highest BCUT2D eigenvalue weighted by Crippen LogP contribution is 2.16. The highest BCUT2D eigenvalue weighted by Gasteiger charge is 2.14. The van der Waals surface area contributed by atoms with Gasteiger partial charge in [0.15, 0.2) is 5.96 Å². The van der Waals surface area contributed by atoms with Crippen molar-refractivity contribution in [2.75, 3.05) is 33.2 Å². The third-order valence-electron chi connectivity index (χ3n) is 5.21. The molecule has 1 saturated heterocycles. The molecule has 0 bridgehead atoms. The molecule has 1 aromatic carbocycles. The molecule has 1 aliphatic rings. The van der Waals surface area contributed by atoms with E-state index in [1.807, 2.05) is 19.3 Å². The Morgan fingerprint density at radius 2 is 1.96 bits per heavy atom. The molecular weight excluding hydrogens is 449 g/mol. The number of pyridine rings is 1. The molecule has 2 heterocycles. The average Bonchev–Trinajstić information content (AvgIpc) is 2.69. The number of halogens is 1. The lowest BCUT2D eigenvalue weighted by Crippen LogP contribution is -2.39. The van der Waals surface area contributed by atoms with Gasteiger partial charge in [-0.3, -0.25) is 9.98 Å². The van der Waals surface area contributed by atoms with E-state index in [0.717, 1.165) is 36.9 Å². The van der Waals surface area contributed by atoms with Crippen molar-refractivity contribution in [3.8, 4) is 0 Å². The zero-order chi connectivity index (χ0) is 18.2. The Labute approximate surface area is 180 Å². The Morgan fingerprint density at radius 3 is 2.74 bits per heavy atom. The summed E-state index contributed by atoms with van der Waals surface area (Å²) in [7, 11) is 1.82. The van der Waals surface area contributed by atoms with Crippen LogP contribution >= 0.6 is 24.0 Å². The molecule has 0 spiro atoms. The summed E-state index contributed by atoms with van der Waals surface area (Å²) in [6.45, 7) is 7.70. The second-order valence-corrected chi connectivity index (χ2v) is 7.22. The molecule has 148 valence electrons. The lowest BCUT2D eigenvalue weighted by molar-refractivity contribution is 0.191. The molecule has 1 aliphatic heterocycles. The second kappa shape index (κ2) is 11.4. The number of rotatable bonds is 6. The molecule has 6 heteroatoms. The minimum absolute atomic E-state index is 0. The van der Waals surface area contributed by atoms with E-state index in [9.17, 15) is 0 Å². The predicted octanol–water partition coefficient (Wildman–Crippen LogP) is 3.64. The maximum absolute atomic E-state index is 4.51. The highest BCUT2D eigenvalue weighted by atomic mass is 127. The zero-order valence-corrected chi connectivity index (χ0v) is 18.8. The number of guanidine groups is 1. The van der Waals surface area contributed by atoms with Gasteiger partial charge in [-0.15, -0.1) is 24.0 Å². The van der Waals surface area contributed by atoms with E-state index in [1.165, 1.54) is 43.4 Å². The molecular formula is C21H32IN5. The molecule has 0 unspecified atom stereocenters. The number of fused-ring (bicyclic) bond motifs is 1. The van der Waals surface area contributed by atoms with Gasteiger partial charge in [-0.05, 0) is 56.4 Å². The van der Waals surface area contributed by atoms with Gasteiger partial charge in [0.2, 0.25) is 0 Å². The molecule has 2 aromatic rings. The third kappa shape index (κ3) is 6.60.